The Hall–Kier alpha value is -2.51. The number of aliphatic hydroxyl groups excluding tert-OH is 2. The summed E-state index contributed by atoms with van der Waals surface area (Å²) in [6.45, 7) is -0.416. The lowest BCUT2D eigenvalue weighted by atomic mass is 9.86. The van der Waals surface area contributed by atoms with E-state index < -0.39 is 24.9 Å². The Balaban J connectivity index is 2.19. The van der Waals surface area contributed by atoms with Crippen molar-refractivity contribution in [2.45, 2.75) is 25.2 Å². The van der Waals surface area contributed by atoms with Gasteiger partial charge in [0.2, 0.25) is 0 Å². The summed E-state index contributed by atoms with van der Waals surface area (Å²) >= 11 is 0. The van der Waals surface area contributed by atoms with Crippen LogP contribution in [-0.2, 0) is 17.8 Å². The van der Waals surface area contributed by atoms with Gasteiger partial charge in [0.05, 0.1) is 6.61 Å². The van der Waals surface area contributed by atoms with Crippen molar-refractivity contribution in [3.63, 3.8) is 0 Å². The summed E-state index contributed by atoms with van der Waals surface area (Å²) in [7, 11) is 0. The molecule has 7 nitrogen and oxygen atoms in total. The predicted molar refractivity (Wildman–Crippen MR) is 73.3 cm³/mol. The first-order valence-electron chi connectivity index (χ1n) is 6.64. The average Bonchev–Trinajstić information content (AvgIpc) is 2.78. The summed E-state index contributed by atoms with van der Waals surface area (Å²) in [4.78, 5) is 35.0. The number of hydrogen-bond donors (Lipinski definition) is 3. The third-order valence-corrected chi connectivity index (χ3v) is 3.95. The van der Waals surface area contributed by atoms with Crippen LogP contribution in [0.2, 0.25) is 0 Å². The minimum atomic E-state index is -1.20. The van der Waals surface area contributed by atoms with E-state index in [1.165, 1.54) is 12.1 Å². The molecule has 2 unspecified atom stereocenters. The van der Waals surface area contributed by atoms with E-state index in [0.29, 0.717) is 16.7 Å². The zero-order valence-corrected chi connectivity index (χ0v) is 11.4. The Kier molecular flexibility index (Phi) is 3.31. The number of ketones is 2. The van der Waals surface area contributed by atoms with E-state index in [2.05, 4.69) is 0 Å². The molecular formula is C15H13NO6. The molecule has 1 aromatic rings. The molecule has 0 saturated heterocycles. The van der Waals surface area contributed by atoms with Crippen molar-refractivity contribution in [1.82, 2.24) is 0 Å². The summed E-state index contributed by atoms with van der Waals surface area (Å²) in [5.41, 5.74) is 6.41. The van der Waals surface area contributed by atoms with E-state index in [1.807, 2.05) is 0 Å². The lowest BCUT2D eigenvalue weighted by molar-refractivity contribution is 0.0164. The fraction of sp³-hybridized carbons (Fsp3) is 0.267. The average molecular weight is 303 g/mol. The first kappa shape index (κ1) is 14.4. The molecule has 2 atom stereocenters. The molecule has 2 aliphatic rings. The fourth-order valence-corrected chi connectivity index (χ4v) is 3.08. The second-order valence-electron chi connectivity index (χ2n) is 5.19. The molecule has 0 aliphatic heterocycles. The number of rotatable bonds is 2. The summed E-state index contributed by atoms with van der Waals surface area (Å²) in [5.74, 6) is -0.705. The monoisotopic (exact) mass is 303 g/mol. The van der Waals surface area contributed by atoms with Crippen molar-refractivity contribution in [3.8, 4) is 0 Å². The van der Waals surface area contributed by atoms with E-state index >= 15 is 0 Å². The van der Waals surface area contributed by atoms with E-state index in [-0.39, 0.29) is 29.1 Å². The van der Waals surface area contributed by atoms with E-state index in [1.54, 1.807) is 0 Å². The van der Waals surface area contributed by atoms with Gasteiger partial charge in [0.25, 0.3) is 0 Å². The summed E-state index contributed by atoms with van der Waals surface area (Å²) in [6.07, 6.45) is -0.803. The fourth-order valence-electron chi connectivity index (χ4n) is 3.08. The molecule has 3 rings (SSSR count). The molecular weight excluding hydrogens is 290 g/mol. The van der Waals surface area contributed by atoms with Gasteiger partial charge in [0.15, 0.2) is 11.6 Å². The zero-order valence-electron chi connectivity index (χ0n) is 11.4. The Morgan fingerprint density at radius 2 is 2.00 bits per heavy atom. The minimum absolute atomic E-state index is 0.0580. The number of hydrogen-bond acceptors (Lipinski definition) is 6. The van der Waals surface area contributed by atoms with Gasteiger partial charge in [-0.25, -0.2) is 4.79 Å². The molecule has 0 bridgehead atoms. The van der Waals surface area contributed by atoms with Crippen LogP contribution < -0.4 is 5.73 Å². The highest BCUT2D eigenvalue weighted by Crippen LogP contribution is 2.40. The molecule has 2 aliphatic carbocycles. The molecule has 1 amide bonds. The number of ether oxygens (including phenoxy) is 1. The van der Waals surface area contributed by atoms with Crippen molar-refractivity contribution in [3.05, 3.63) is 46.0 Å². The number of primary amides is 1. The van der Waals surface area contributed by atoms with Crippen molar-refractivity contribution in [2.24, 2.45) is 5.73 Å². The van der Waals surface area contributed by atoms with Crippen LogP contribution in [0, 0.1) is 0 Å². The molecule has 0 heterocycles. The van der Waals surface area contributed by atoms with Crippen LogP contribution in [0.4, 0.5) is 4.79 Å². The first-order chi connectivity index (χ1) is 10.4. The number of amides is 1. The summed E-state index contributed by atoms with van der Waals surface area (Å²) in [6, 6.07) is 1.40. The number of nitrogens with two attached hydrogens (primary N) is 1. The third kappa shape index (κ3) is 2.02. The van der Waals surface area contributed by atoms with Gasteiger partial charge >= 0.3 is 6.09 Å². The topological polar surface area (TPSA) is 127 Å². The van der Waals surface area contributed by atoms with Crippen LogP contribution in [0.1, 0.15) is 43.5 Å². The molecule has 114 valence electrons. The van der Waals surface area contributed by atoms with Crippen molar-refractivity contribution in [2.75, 3.05) is 0 Å². The second-order valence-corrected chi connectivity index (χ2v) is 5.19. The number of benzene rings is 1. The predicted octanol–water partition coefficient (Wildman–Crippen LogP) is 0.168. The minimum Gasteiger partial charge on any atom is -0.443 e. The molecule has 7 heteroatoms. The van der Waals surface area contributed by atoms with Gasteiger partial charge < -0.3 is 20.7 Å². The quantitative estimate of drug-likeness (QED) is 0.714. The number of allylic oxidation sites excluding steroid dienone is 2. The Morgan fingerprint density at radius 3 is 2.64 bits per heavy atom. The van der Waals surface area contributed by atoms with Crippen LogP contribution in [-0.4, -0.2) is 34.0 Å². The standard InChI is InChI=1S/C15H13NO6/c16-15(21)22-11-4-8-12(14(11)20)6(5-17)3-7-9(18)1-2-10(19)13(7)8/h1-3,11,14,17,20H,4-5H2,(H2,16,21). The molecule has 22 heavy (non-hydrogen) atoms. The molecule has 1 aromatic carbocycles. The Labute approximate surface area is 125 Å². The van der Waals surface area contributed by atoms with Crippen LogP contribution in [0.15, 0.2) is 18.2 Å². The lowest BCUT2D eigenvalue weighted by Crippen LogP contribution is -2.26. The summed E-state index contributed by atoms with van der Waals surface area (Å²) < 4.78 is 4.85. The number of fused-ring (bicyclic) bond motifs is 3. The number of carbonyl (C=O) groups is 3. The smallest absolute Gasteiger partial charge is 0.404 e. The van der Waals surface area contributed by atoms with Crippen molar-refractivity contribution < 1.29 is 29.3 Å². The van der Waals surface area contributed by atoms with E-state index in [0.717, 1.165) is 6.08 Å². The van der Waals surface area contributed by atoms with Gasteiger partial charge in [-0.3, -0.25) is 9.59 Å². The van der Waals surface area contributed by atoms with Crippen LogP contribution in [0.3, 0.4) is 0 Å². The van der Waals surface area contributed by atoms with Gasteiger partial charge in [-0.2, -0.15) is 0 Å². The largest absolute Gasteiger partial charge is 0.443 e. The zero-order chi connectivity index (χ0) is 16.0. The molecule has 0 spiro atoms. The molecule has 4 N–H and O–H groups in total. The van der Waals surface area contributed by atoms with Crippen LogP contribution in [0.5, 0.6) is 0 Å². The SMILES string of the molecule is NC(=O)OC1Cc2c3c(cc(CO)c2C1O)C(=O)C=CC3=O. The molecule has 0 radical (unpaired) electrons. The lowest BCUT2D eigenvalue weighted by Gasteiger charge is -2.18. The Morgan fingerprint density at radius 1 is 1.32 bits per heavy atom. The van der Waals surface area contributed by atoms with Crippen LogP contribution >= 0.6 is 0 Å². The van der Waals surface area contributed by atoms with Gasteiger partial charge in [0, 0.05) is 17.5 Å². The maximum Gasteiger partial charge on any atom is 0.404 e. The highest BCUT2D eigenvalue weighted by Gasteiger charge is 2.40. The molecule has 0 aromatic heterocycles. The van der Waals surface area contributed by atoms with E-state index in [9.17, 15) is 24.6 Å². The van der Waals surface area contributed by atoms with Gasteiger partial charge in [-0.1, -0.05) is 0 Å². The second kappa shape index (κ2) is 5.04. The van der Waals surface area contributed by atoms with Gasteiger partial charge in [-0.05, 0) is 34.9 Å². The normalized spacial score (nSPS) is 22.5. The van der Waals surface area contributed by atoms with Gasteiger partial charge in [0.1, 0.15) is 12.2 Å². The first-order valence-corrected chi connectivity index (χ1v) is 6.64. The number of carbonyl (C=O) groups excluding carboxylic acids is 3. The van der Waals surface area contributed by atoms with E-state index in [4.69, 9.17) is 10.5 Å². The highest BCUT2D eigenvalue weighted by molar-refractivity contribution is 6.23. The molecule has 0 fully saturated rings. The van der Waals surface area contributed by atoms with Gasteiger partial charge in [-0.15, -0.1) is 0 Å². The maximum atomic E-state index is 12.1. The van der Waals surface area contributed by atoms with Crippen LogP contribution in [0.25, 0.3) is 0 Å². The van der Waals surface area contributed by atoms with Crippen molar-refractivity contribution >= 4 is 17.7 Å². The maximum absolute atomic E-state index is 12.1. The highest BCUT2D eigenvalue weighted by atomic mass is 16.6. The van der Waals surface area contributed by atoms with Crippen molar-refractivity contribution in [1.29, 1.82) is 0 Å². The Bertz CT molecular complexity index is 736. The third-order valence-electron chi connectivity index (χ3n) is 3.95. The molecule has 0 saturated carbocycles. The summed E-state index contributed by atoms with van der Waals surface area (Å²) in [5, 5.41) is 19.8. The number of aliphatic hydroxyl groups is 2.